The molecule has 0 saturated heterocycles. The van der Waals surface area contributed by atoms with E-state index in [0.29, 0.717) is 42.7 Å². The molecule has 0 radical (unpaired) electrons. The number of nitro benzene ring substituents is 1. The maximum Gasteiger partial charge on any atom is 0.416 e. The first-order chi connectivity index (χ1) is 30.1. The van der Waals surface area contributed by atoms with Crippen molar-refractivity contribution in [3.63, 3.8) is 0 Å². The fourth-order valence-electron chi connectivity index (χ4n) is 8.09. The average molecular weight is 917 g/mol. The number of non-ortho nitro benzene ring substituents is 1. The van der Waals surface area contributed by atoms with Crippen LogP contribution in [0.5, 0.6) is 0 Å². The minimum Gasteiger partial charge on any atom is -0.403 e. The Morgan fingerprint density at radius 1 is 0.547 bits per heavy atom. The van der Waals surface area contributed by atoms with E-state index in [2.05, 4.69) is 0 Å². The van der Waals surface area contributed by atoms with Crippen molar-refractivity contribution in [3.8, 4) is 22.3 Å². The molecule has 0 aliphatic carbocycles. The molecule has 0 fully saturated rings. The standard InChI is InChI=1S/C45H25F12N2O4P/c46-42(47,48)28-14-26(15-29(20-28)43(49,50)51)35-18-24-6-1-3-9-33(24)38-39-34-10-4-2-7-25(34)19-36(27-16-30(44(52,53)54)21-31(17-27)45(55,56)57)41(39)63-64(62-40(35)38)58-13-5-8-23-11-12-32(59(60)61)22-37(23)58/h1-4,6-7,9-12,14-22H,5,8,13H2. The maximum atomic E-state index is 14.4. The first kappa shape index (κ1) is 42.6. The first-order valence-corrected chi connectivity index (χ1v) is 20.1. The zero-order chi connectivity index (χ0) is 45.7. The molecule has 7 aromatic carbocycles. The number of nitro groups is 1. The summed E-state index contributed by atoms with van der Waals surface area (Å²) in [7, 11) is -2.83. The Bertz CT molecular complexity index is 3020. The van der Waals surface area contributed by atoms with Crippen molar-refractivity contribution in [2.45, 2.75) is 37.5 Å². The number of nitrogens with zero attached hydrogens (tertiary/aromatic N) is 2. The van der Waals surface area contributed by atoms with Crippen molar-refractivity contribution in [2.24, 2.45) is 0 Å². The lowest BCUT2D eigenvalue weighted by atomic mass is 9.90. The fraction of sp³-hybridized carbons (Fsp3) is 0.156. The van der Waals surface area contributed by atoms with E-state index in [1.807, 2.05) is 0 Å². The van der Waals surface area contributed by atoms with Crippen molar-refractivity contribution in [1.29, 1.82) is 0 Å². The lowest BCUT2D eigenvalue weighted by Crippen LogP contribution is -2.21. The van der Waals surface area contributed by atoms with Gasteiger partial charge in [0.1, 0.15) is 0 Å². The van der Waals surface area contributed by atoms with Gasteiger partial charge in [0.25, 0.3) is 5.69 Å². The van der Waals surface area contributed by atoms with E-state index >= 15 is 0 Å². The third-order valence-electron chi connectivity index (χ3n) is 11.0. The van der Waals surface area contributed by atoms with Crippen LogP contribution in [0.15, 0.2) is 124 Å². The predicted octanol–water partition coefficient (Wildman–Crippen LogP) is 16.1. The topological polar surface area (TPSA) is 72.7 Å². The molecular formula is C45H25F12N2O4P. The highest BCUT2D eigenvalue weighted by Crippen LogP contribution is 2.52. The Morgan fingerprint density at radius 3 is 1.38 bits per heavy atom. The summed E-state index contributed by atoms with van der Waals surface area (Å²) in [5.74, 6) is 0. The summed E-state index contributed by atoms with van der Waals surface area (Å²) < 4.78 is 188. The second-order valence-corrected chi connectivity index (χ2v) is 16.3. The molecule has 0 N–H and O–H groups in total. The summed E-state index contributed by atoms with van der Waals surface area (Å²) in [6.45, 7) is 0.0277. The third kappa shape index (κ3) is 7.62. The van der Waals surface area contributed by atoms with E-state index in [4.69, 9.17) is 8.39 Å². The average Bonchev–Trinajstić information content (AvgIpc) is 3.42. The van der Waals surface area contributed by atoms with Gasteiger partial charge in [0.15, 0.2) is 11.2 Å². The lowest BCUT2D eigenvalue weighted by molar-refractivity contribution is -0.384. The van der Waals surface area contributed by atoms with Gasteiger partial charge in [-0.2, -0.15) is 52.7 Å². The normalized spacial score (nSPS) is 13.8. The van der Waals surface area contributed by atoms with Crippen LogP contribution < -0.4 is 4.67 Å². The Balaban J connectivity index is 1.55. The highest BCUT2D eigenvalue weighted by molar-refractivity contribution is 7.39. The van der Waals surface area contributed by atoms with Gasteiger partial charge in [-0.1, -0.05) is 54.6 Å². The summed E-state index contributed by atoms with van der Waals surface area (Å²) in [6, 6.07) is 20.9. The maximum absolute atomic E-state index is 14.4. The van der Waals surface area contributed by atoms with Crippen molar-refractivity contribution < 1.29 is 66.0 Å². The number of hydrogen-bond acceptors (Lipinski definition) is 5. The molecule has 328 valence electrons. The molecule has 19 heteroatoms. The van der Waals surface area contributed by atoms with Crippen LogP contribution in [-0.2, 0) is 31.1 Å². The molecule has 0 saturated carbocycles. The van der Waals surface area contributed by atoms with Gasteiger partial charge in [-0.05, 0) is 99.6 Å². The van der Waals surface area contributed by atoms with Gasteiger partial charge in [0.2, 0.25) is 0 Å². The van der Waals surface area contributed by atoms with Crippen molar-refractivity contribution in [1.82, 2.24) is 0 Å². The molecule has 8 aromatic rings. The second-order valence-electron chi connectivity index (χ2n) is 15.0. The number of fused-ring (bicyclic) bond motifs is 8. The van der Waals surface area contributed by atoms with Crippen LogP contribution in [0, 0.1) is 10.1 Å². The second kappa shape index (κ2) is 15.0. The number of halogens is 12. The summed E-state index contributed by atoms with van der Waals surface area (Å²) >= 11 is 0. The van der Waals surface area contributed by atoms with Gasteiger partial charge in [0.05, 0.1) is 32.9 Å². The summed E-state index contributed by atoms with van der Waals surface area (Å²) in [6.07, 6.45) is -20.3. The van der Waals surface area contributed by atoms with Gasteiger partial charge >= 0.3 is 32.9 Å². The van der Waals surface area contributed by atoms with Gasteiger partial charge in [-0.25, -0.2) is 0 Å². The predicted molar refractivity (Wildman–Crippen MR) is 216 cm³/mol. The number of benzene rings is 7. The summed E-state index contributed by atoms with van der Waals surface area (Å²) in [5, 5.41) is 13.0. The third-order valence-corrected chi connectivity index (χ3v) is 12.4. The van der Waals surface area contributed by atoms with Crippen molar-refractivity contribution in [2.75, 3.05) is 11.2 Å². The van der Waals surface area contributed by atoms with Crippen LogP contribution in [0.2, 0.25) is 0 Å². The first-order valence-electron chi connectivity index (χ1n) is 19.0. The zero-order valence-electron chi connectivity index (χ0n) is 32.1. The van der Waals surface area contributed by atoms with Gasteiger partial charge in [0, 0.05) is 40.6 Å². The molecule has 0 atom stereocenters. The molecule has 0 unspecified atom stereocenters. The van der Waals surface area contributed by atoms with E-state index in [9.17, 15) is 62.8 Å². The molecule has 0 amide bonds. The van der Waals surface area contributed by atoms with Crippen molar-refractivity contribution >= 4 is 63.0 Å². The Labute approximate surface area is 352 Å². The van der Waals surface area contributed by atoms with Gasteiger partial charge in [-0.3, -0.25) is 14.8 Å². The minimum atomic E-state index is -5.27. The summed E-state index contributed by atoms with van der Waals surface area (Å²) in [4.78, 5) is 11.3. The highest BCUT2D eigenvalue weighted by Gasteiger charge is 2.39. The van der Waals surface area contributed by atoms with Crippen LogP contribution in [-0.4, -0.2) is 11.5 Å². The Morgan fingerprint density at radius 2 is 0.969 bits per heavy atom. The quantitative estimate of drug-likeness (QED) is 0.0999. The molecule has 64 heavy (non-hydrogen) atoms. The van der Waals surface area contributed by atoms with Crippen LogP contribution >= 0.6 is 8.16 Å². The van der Waals surface area contributed by atoms with Crippen LogP contribution in [0.1, 0.15) is 34.2 Å². The molecule has 0 bridgehead atoms. The molecule has 1 aromatic heterocycles. The van der Waals surface area contributed by atoms with E-state index in [0.717, 1.165) is 0 Å². The summed E-state index contributed by atoms with van der Waals surface area (Å²) in [5.41, 5.74) is -8.74. The smallest absolute Gasteiger partial charge is 0.403 e. The molecule has 1 aliphatic heterocycles. The van der Waals surface area contributed by atoms with E-state index in [1.54, 1.807) is 36.4 Å². The van der Waals surface area contributed by atoms with Gasteiger partial charge in [-0.15, -0.1) is 0 Å². The fourth-order valence-corrected chi connectivity index (χ4v) is 9.69. The largest absolute Gasteiger partial charge is 0.416 e. The van der Waals surface area contributed by atoms with Gasteiger partial charge < -0.3 is 8.39 Å². The Kier molecular flexibility index (Phi) is 9.96. The monoisotopic (exact) mass is 916 g/mol. The number of rotatable bonds is 4. The van der Waals surface area contributed by atoms with E-state index in [1.165, 1.54) is 47.1 Å². The van der Waals surface area contributed by atoms with Crippen molar-refractivity contribution in [3.05, 3.63) is 153 Å². The van der Waals surface area contributed by atoms with E-state index in [-0.39, 0.29) is 84.7 Å². The zero-order valence-corrected chi connectivity index (χ0v) is 33.0. The molecular weight excluding hydrogens is 891 g/mol. The lowest BCUT2D eigenvalue weighted by Gasteiger charge is -2.27. The van der Waals surface area contributed by atoms with E-state index < -0.39 is 71.2 Å². The molecule has 9 rings (SSSR count). The van der Waals surface area contributed by atoms with Crippen LogP contribution in [0.4, 0.5) is 64.1 Å². The molecule has 1 aliphatic rings. The Hall–Kier alpha value is -6.68. The molecule has 2 heterocycles. The SMILES string of the molecule is O=[N+]([O-])c1ccc2c(c1)N(p1oc3c(-c4cc(C(F)(F)F)cc(C(F)(F)F)c4)cc4ccccc4c3c3c(o1)c(-c1cc(C(F)(F)F)cc(C(F)(F)F)c1)cc1ccccc13)CCC2. The number of anilines is 1. The minimum absolute atomic E-state index is 0.0172. The highest BCUT2D eigenvalue weighted by atomic mass is 31.1. The van der Waals surface area contributed by atoms with Crippen LogP contribution in [0.25, 0.3) is 65.7 Å². The molecule has 6 nitrogen and oxygen atoms in total. The number of alkyl halides is 12. The van der Waals surface area contributed by atoms with Crippen LogP contribution in [0.3, 0.4) is 0 Å². The number of aryl methyl sites for hydroxylation is 1. The molecule has 0 spiro atoms. The number of hydrogen-bond donors (Lipinski definition) is 0.